The number of amides is 1. The Kier molecular flexibility index (Phi) is 5.38. The zero-order valence-electron chi connectivity index (χ0n) is 16.1. The maximum Gasteiger partial charge on any atom is 0.225 e. The van der Waals surface area contributed by atoms with Gasteiger partial charge in [-0.25, -0.2) is 0 Å². The molecule has 1 amide bonds. The molecule has 0 spiro atoms. The van der Waals surface area contributed by atoms with Crippen LogP contribution in [0.3, 0.4) is 0 Å². The molecule has 8 heteroatoms. The Labute approximate surface area is 168 Å². The first-order chi connectivity index (χ1) is 13.6. The van der Waals surface area contributed by atoms with Gasteiger partial charge in [-0.2, -0.15) is 0 Å². The number of aryl methyl sites for hydroxylation is 2. The summed E-state index contributed by atoms with van der Waals surface area (Å²) in [5.74, 6) is 0.0389. The average molecular weight is 397 g/mol. The molecule has 4 heterocycles. The van der Waals surface area contributed by atoms with Gasteiger partial charge in [-0.05, 0) is 51.0 Å². The first kappa shape index (κ1) is 18.6. The highest BCUT2D eigenvalue weighted by Gasteiger charge is 2.28. The second kappa shape index (κ2) is 8.10. The quantitative estimate of drug-likeness (QED) is 0.718. The minimum atomic E-state index is -0.0418. The van der Waals surface area contributed by atoms with Crippen molar-refractivity contribution in [1.82, 2.24) is 25.1 Å². The molecule has 1 saturated heterocycles. The minimum absolute atomic E-state index is 0.0418. The minimum Gasteiger partial charge on any atom is -0.350 e. The fraction of sp³-hybridized carbons (Fsp3) is 0.400. The fourth-order valence-corrected chi connectivity index (χ4v) is 4.59. The van der Waals surface area contributed by atoms with Gasteiger partial charge in [0.1, 0.15) is 0 Å². The van der Waals surface area contributed by atoms with E-state index in [0.717, 1.165) is 46.7 Å². The Balaban J connectivity index is 1.41. The van der Waals surface area contributed by atoms with Crippen LogP contribution in [0.5, 0.6) is 0 Å². The van der Waals surface area contributed by atoms with Gasteiger partial charge in [-0.1, -0.05) is 17.4 Å². The van der Waals surface area contributed by atoms with Crippen molar-refractivity contribution in [2.45, 2.75) is 33.2 Å². The SMILES string of the molecule is Cc1ccc(C)n1-c1nnc(N2CCC[C@H](C(=O)NCc3ccccn3)C2)s1. The highest BCUT2D eigenvalue weighted by Crippen LogP contribution is 2.29. The summed E-state index contributed by atoms with van der Waals surface area (Å²) in [6, 6.07) is 9.88. The summed E-state index contributed by atoms with van der Waals surface area (Å²) in [4.78, 5) is 19.1. The van der Waals surface area contributed by atoms with E-state index in [1.54, 1.807) is 17.5 Å². The van der Waals surface area contributed by atoms with E-state index in [1.165, 1.54) is 0 Å². The zero-order chi connectivity index (χ0) is 19.5. The summed E-state index contributed by atoms with van der Waals surface area (Å²) in [5, 5.41) is 13.5. The Morgan fingerprint density at radius 3 is 2.71 bits per heavy atom. The van der Waals surface area contributed by atoms with E-state index in [4.69, 9.17) is 0 Å². The molecule has 0 unspecified atom stereocenters. The van der Waals surface area contributed by atoms with Crippen molar-refractivity contribution < 1.29 is 4.79 Å². The summed E-state index contributed by atoms with van der Waals surface area (Å²) in [6.45, 7) is 6.17. The summed E-state index contributed by atoms with van der Waals surface area (Å²) in [6.07, 6.45) is 3.61. The Morgan fingerprint density at radius 1 is 1.18 bits per heavy atom. The van der Waals surface area contributed by atoms with Crippen molar-refractivity contribution in [2.24, 2.45) is 5.92 Å². The second-order valence-corrected chi connectivity index (χ2v) is 8.08. The van der Waals surface area contributed by atoms with Gasteiger partial charge >= 0.3 is 0 Å². The van der Waals surface area contributed by atoms with Crippen LogP contribution in [-0.4, -0.2) is 38.7 Å². The van der Waals surface area contributed by atoms with Gasteiger partial charge in [-0.3, -0.25) is 14.3 Å². The number of hydrogen-bond donors (Lipinski definition) is 1. The molecule has 3 aromatic rings. The van der Waals surface area contributed by atoms with Crippen LogP contribution >= 0.6 is 11.3 Å². The molecule has 146 valence electrons. The largest absolute Gasteiger partial charge is 0.350 e. The van der Waals surface area contributed by atoms with E-state index >= 15 is 0 Å². The monoisotopic (exact) mass is 396 g/mol. The van der Waals surface area contributed by atoms with Crippen LogP contribution in [0, 0.1) is 19.8 Å². The average Bonchev–Trinajstić information content (AvgIpc) is 3.33. The molecule has 1 aliphatic rings. The second-order valence-electron chi connectivity index (χ2n) is 7.14. The van der Waals surface area contributed by atoms with Gasteiger partial charge in [-0.15, -0.1) is 10.2 Å². The van der Waals surface area contributed by atoms with Crippen LogP contribution in [0.1, 0.15) is 29.9 Å². The van der Waals surface area contributed by atoms with E-state index in [0.29, 0.717) is 13.1 Å². The van der Waals surface area contributed by atoms with Gasteiger partial charge in [0.25, 0.3) is 0 Å². The standard InChI is InChI=1S/C20H24N6OS/c1-14-8-9-15(2)26(14)20-24-23-19(28-20)25-11-5-6-16(13-25)18(27)22-12-17-7-3-4-10-21-17/h3-4,7-10,16H,5-6,11-13H2,1-2H3,(H,22,27)/t16-/m0/s1. The molecular weight excluding hydrogens is 372 g/mol. The molecular formula is C20H24N6OS. The van der Waals surface area contributed by atoms with Crippen molar-refractivity contribution in [1.29, 1.82) is 0 Å². The van der Waals surface area contributed by atoms with Crippen molar-refractivity contribution in [3.05, 3.63) is 53.6 Å². The number of piperidine rings is 1. The number of rotatable bonds is 5. The number of carbonyl (C=O) groups excluding carboxylic acids is 1. The van der Waals surface area contributed by atoms with Crippen LogP contribution in [0.25, 0.3) is 5.13 Å². The van der Waals surface area contributed by atoms with E-state index in [1.807, 2.05) is 18.2 Å². The third-order valence-corrected chi connectivity index (χ3v) is 6.07. The summed E-state index contributed by atoms with van der Waals surface area (Å²) < 4.78 is 2.11. The lowest BCUT2D eigenvalue weighted by atomic mass is 9.97. The van der Waals surface area contributed by atoms with E-state index in [9.17, 15) is 4.79 Å². The van der Waals surface area contributed by atoms with Gasteiger partial charge in [0, 0.05) is 30.7 Å². The predicted molar refractivity (Wildman–Crippen MR) is 110 cm³/mol. The Hall–Kier alpha value is -2.74. The van der Waals surface area contributed by atoms with Crippen molar-refractivity contribution >= 4 is 22.4 Å². The summed E-state index contributed by atoms with van der Waals surface area (Å²) >= 11 is 1.57. The molecule has 1 fully saturated rings. The predicted octanol–water partition coefficient (Wildman–Crippen LogP) is 2.87. The molecule has 0 aromatic carbocycles. The molecule has 28 heavy (non-hydrogen) atoms. The van der Waals surface area contributed by atoms with Crippen LogP contribution in [0.4, 0.5) is 5.13 Å². The molecule has 0 saturated carbocycles. The van der Waals surface area contributed by atoms with Crippen molar-refractivity contribution in [3.63, 3.8) is 0 Å². The maximum atomic E-state index is 12.6. The molecule has 3 aromatic heterocycles. The molecule has 0 bridgehead atoms. The molecule has 0 radical (unpaired) electrons. The van der Waals surface area contributed by atoms with E-state index in [2.05, 4.69) is 55.9 Å². The number of carbonyl (C=O) groups is 1. The summed E-state index contributed by atoms with van der Waals surface area (Å²) in [7, 11) is 0. The lowest BCUT2D eigenvalue weighted by Gasteiger charge is -2.31. The first-order valence-electron chi connectivity index (χ1n) is 9.53. The van der Waals surface area contributed by atoms with Crippen molar-refractivity contribution in [2.75, 3.05) is 18.0 Å². The van der Waals surface area contributed by atoms with Gasteiger partial charge in [0.05, 0.1) is 18.2 Å². The number of nitrogens with zero attached hydrogens (tertiary/aromatic N) is 5. The molecule has 0 aliphatic carbocycles. The Bertz CT molecular complexity index is 931. The number of pyridine rings is 1. The number of nitrogens with one attached hydrogen (secondary N) is 1. The topological polar surface area (TPSA) is 75.9 Å². The van der Waals surface area contributed by atoms with Crippen LogP contribution in [0.15, 0.2) is 36.5 Å². The Morgan fingerprint density at radius 2 is 1.96 bits per heavy atom. The van der Waals surface area contributed by atoms with Gasteiger partial charge < -0.3 is 10.2 Å². The highest BCUT2D eigenvalue weighted by molar-refractivity contribution is 7.17. The number of hydrogen-bond acceptors (Lipinski definition) is 6. The molecule has 1 N–H and O–H groups in total. The van der Waals surface area contributed by atoms with Gasteiger partial charge in [0.2, 0.25) is 16.2 Å². The highest BCUT2D eigenvalue weighted by atomic mass is 32.1. The van der Waals surface area contributed by atoms with Gasteiger partial charge in [0.15, 0.2) is 0 Å². The third-order valence-electron chi connectivity index (χ3n) is 5.10. The molecule has 1 aliphatic heterocycles. The molecule has 1 atom stereocenters. The third kappa shape index (κ3) is 3.91. The van der Waals surface area contributed by atoms with Crippen LogP contribution < -0.4 is 10.2 Å². The molecule has 4 rings (SSSR count). The lowest BCUT2D eigenvalue weighted by Crippen LogP contribution is -2.43. The maximum absolute atomic E-state index is 12.6. The van der Waals surface area contributed by atoms with Crippen molar-refractivity contribution in [3.8, 4) is 5.13 Å². The van der Waals surface area contributed by atoms with Crippen LogP contribution in [-0.2, 0) is 11.3 Å². The van der Waals surface area contributed by atoms with Crippen LogP contribution in [0.2, 0.25) is 0 Å². The first-order valence-corrected chi connectivity index (χ1v) is 10.3. The molecule has 7 nitrogen and oxygen atoms in total. The number of aromatic nitrogens is 4. The number of anilines is 1. The smallest absolute Gasteiger partial charge is 0.225 e. The normalized spacial score (nSPS) is 16.9. The lowest BCUT2D eigenvalue weighted by molar-refractivity contribution is -0.125. The fourth-order valence-electron chi connectivity index (χ4n) is 3.59. The van der Waals surface area contributed by atoms with E-state index < -0.39 is 0 Å². The van der Waals surface area contributed by atoms with E-state index in [-0.39, 0.29) is 11.8 Å². The zero-order valence-corrected chi connectivity index (χ0v) is 16.9. The summed E-state index contributed by atoms with van der Waals surface area (Å²) in [5.41, 5.74) is 3.16.